The molecule has 4 nitrogen and oxygen atoms in total. The van der Waals surface area contributed by atoms with Gasteiger partial charge in [-0.3, -0.25) is 4.31 Å². The van der Waals surface area contributed by atoms with Gasteiger partial charge in [-0.2, -0.15) is 0 Å². The van der Waals surface area contributed by atoms with Gasteiger partial charge in [0, 0.05) is 11.1 Å². The standard InChI is InChI=1S/C17H17Cl2NO3S/c1-3-10-20(14-6-5-7-15(12-14)23-4-2)24(21,22)17-11-13(18)8-9-16(17)19/h3,5-9,11-12H,1,4,10H2,2H3. The van der Waals surface area contributed by atoms with E-state index in [0.717, 1.165) is 0 Å². The van der Waals surface area contributed by atoms with Crippen LogP contribution < -0.4 is 9.04 Å². The third-order valence-electron chi connectivity index (χ3n) is 3.17. The molecule has 0 saturated carbocycles. The van der Waals surface area contributed by atoms with Crippen LogP contribution in [0.15, 0.2) is 60.0 Å². The molecule has 2 aromatic rings. The molecule has 0 radical (unpaired) electrons. The molecule has 0 aromatic heterocycles. The molecular formula is C17H17Cl2NO3S. The number of ether oxygens (including phenoxy) is 1. The summed E-state index contributed by atoms with van der Waals surface area (Å²) >= 11 is 12.0. The van der Waals surface area contributed by atoms with Gasteiger partial charge in [-0.25, -0.2) is 8.42 Å². The van der Waals surface area contributed by atoms with E-state index in [1.54, 1.807) is 24.3 Å². The fraction of sp³-hybridized carbons (Fsp3) is 0.176. The second-order valence-electron chi connectivity index (χ2n) is 4.83. The van der Waals surface area contributed by atoms with E-state index in [4.69, 9.17) is 27.9 Å². The van der Waals surface area contributed by atoms with E-state index in [1.807, 2.05) is 6.92 Å². The lowest BCUT2D eigenvalue weighted by molar-refractivity contribution is 0.340. The molecule has 2 aromatic carbocycles. The van der Waals surface area contributed by atoms with Crippen LogP contribution >= 0.6 is 23.2 Å². The molecule has 0 saturated heterocycles. The van der Waals surface area contributed by atoms with E-state index in [-0.39, 0.29) is 16.5 Å². The van der Waals surface area contributed by atoms with Crippen molar-refractivity contribution in [3.05, 3.63) is 65.2 Å². The van der Waals surface area contributed by atoms with Gasteiger partial charge in [0.15, 0.2) is 0 Å². The Morgan fingerprint density at radius 1 is 1.21 bits per heavy atom. The van der Waals surface area contributed by atoms with E-state index < -0.39 is 10.0 Å². The van der Waals surface area contributed by atoms with E-state index in [0.29, 0.717) is 23.1 Å². The summed E-state index contributed by atoms with van der Waals surface area (Å²) < 4.78 is 32.8. The second-order valence-corrected chi connectivity index (χ2v) is 7.50. The monoisotopic (exact) mass is 385 g/mol. The molecule has 2 rings (SSSR count). The lowest BCUT2D eigenvalue weighted by Crippen LogP contribution is -2.31. The summed E-state index contributed by atoms with van der Waals surface area (Å²) in [6.07, 6.45) is 1.50. The number of rotatable bonds is 7. The molecule has 0 aliphatic rings. The van der Waals surface area contributed by atoms with Crippen molar-refractivity contribution >= 4 is 38.9 Å². The number of benzene rings is 2. The van der Waals surface area contributed by atoms with E-state index in [9.17, 15) is 8.42 Å². The Hall–Kier alpha value is -1.69. The van der Waals surface area contributed by atoms with Crippen LogP contribution in [0.5, 0.6) is 5.75 Å². The third-order valence-corrected chi connectivity index (χ3v) is 5.68. The Morgan fingerprint density at radius 3 is 2.62 bits per heavy atom. The Balaban J connectivity index is 2.55. The minimum absolute atomic E-state index is 0.0553. The average molecular weight is 386 g/mol. The highest BCUT2D eigenvalue weighted by molar-refractivity contribution is 7.93. The molecule has 0 heterocycles. The van der Waals surface area contributed by atoms with Gasteiger partial charge in [0.1, 0.15) is 10.6 Å². The maximum Gasteiger partial charge on any atom is 0.266 e. The van der Waals surface area contributed by atoms with Crippen LogP contribution in [-0.2, 0) is 10.0 Å². The normalized spacial score (nSPS) is 11.1. The van der Waals surface area contributed by atoms with Gasteiger partial charge in [0.25, 0.3) is 10.0 Å². The summed E-state index contributed by atoms with van der Waals surface area (Å²) in [6, 6.07) is 11.2. The van der Waals surface area contributed by atoms with E-state index in [2.05, 4.69) is 6.58 Å². The number of nitrogens with zero attached hydrogens (tertiary/aromatic N) is 1. The summed E-state index contributed by atoms with van der Waals surface area (Å²) in [6.45, 7) is 6.06. The summed E-state index contributed by atoms with van der Waals surface area (Å²) in [4.78, 5) is -0.0553. The zero-order valence-corrected chi connectivity index (χ0v) is 15.4. The molecule has 0 N–H and O–H groups in total. The lowest BCUT2D eigenvalue weighted by Gasteiger charge is -2.24. The zero-order chi connectivity index (χ0) is 17.7. The van der Waals surface area contributed by atoms with E-state index in [1.165, 1.54) is 28.6 Å². The molecule has 0 fully saturated rings. The summed E-state index contributed by atoms with van der Waals surface area (Å²) in [5, 5.41) is 0.397. The first-order chi connectivity index (χ1) is 11.4. The first kappa shape index (κ1) is 18.6. The van der Waals surface area contributed by atoms with Crippen LogP contribution in [0.2, 0.25) is 10.0 Å². The van der Waals surface area contributed by atoms with Gasteiger partial charge in [0.05, 0.1) is 23.9 Å². The summed E-state index contributed by atoms with van der Waals surface area (Å²) in [5.41, 5.74) is 0.455. The largest absolute Gasteiger partial charge is 0.494 e. The molecule has 0 unspecified atom stereocenters. The van der Waals surface area contributed by atoms with Crippen LogP contribution in [-0.4, -0.2) is 21.6 Å². The van der Waals surface area contributed by atoms with Gasteiger partial charge in [0.2, 0.25) is 0 Å². The van der Waals surface area contributed by atoms with Crippen LogP contribution in [0.3, 0.4) is 0 Å². The maximum absolute atomic E-state index is 13.1. The number of hydrogen-bond acceptors (Lipinski definition) is 3. The maximum atomic E-state index is 13.1. The molecule has 7 heteroatoms. The highest BCUT2D eigenvalue weighted by Crippen LogP contribution is 2.31. The molecule has 0 aliphatic heterocycles. The molecule has 0 spiro atoms. The quantitative estimate of drug-likeness (QED) is 0.644. The van der Waals surface area contributed by atoms with Gasteiger partial charge in [-0.1, -0.05) is 35.3 Å². The Kier molecular flexibility index (Phi) is 6.15. The second kappa shape index (κ2) is 7.92. The van der Waals surface area contributed by atoms with Crippen molar-refractivity contribution in [3.63, 3.8) is 0 Å². The van der Waals surface area contributed by atoms with Gasteiger partial charge >= 0.3 is 0 Å². The number of halogens is 2. The van der Waals surface area contributed by atoms with Crippen molar-refractivity contribution in [2.45, 2.75) is 11.8 Å². The van der Waals surface area contributed by atoms with Crippen molar-refractivity contribution in [1.29, 1.82) is 0 Å². The topological polar surface area (TPSA) is 46.6 Å². The molecule has 0 amide bonds. The van der Waals surface area contributed by atoms with Crippen molar-refractivity contribution in [2.75, 3.05) is 17.5 Å². The van der Waals surface area contributed by atoms with Crippen molar-refractivity contribution in [3.8, 4) is 5.75 Å². The fourth-order valence-corrected chi connectivity index (χ4v) is 4.32. The molecule has 0 atom stereocenters. The van der Waals surface area contributed by atoms with Crippen LogP contribution in [0.25, 0.3) is 0 Å². The third kappa shape index (κ3) is 4.04. The smallest absolute Gasteiger partial charge is 0.266 e. The SMILES string of the molecule is C=CCN(c1cccc(OCC)c1)S(=O)(=O)c1cc(Cl)ccc1Cl. The number of anilines is 1. The molecule has 0 aliphatic carbocycles. The molecule has 24 heavy (non-hydrogen) atoms. The van der Waals surface area contributed by atoms with Gasteiger partial charge in [-0.05, 0) is 37.3 Å². The van der Waals surface area contributed by atoms with Crippen molar-refractivity contribution in [2.24, 2.45) is 0 Å². The summed E-state index contributed by atoms with van der Waals surface area (Å²) in [7, 11) is -3.91. The minimum atomic E-state index is -3.91. The minimum Gasteiger partial charge on any atom is -0.494 e. The van der Waals surface area contributed by atoms with Crippen LogP contribution in [0, 0.1) is 0 Å². The molecular weight excluding hydrogens is 369 g/mol. The van der Waals surface area contributed by atoms with E-state index >= 15 is 0 Å². The highest BCUT2D eigenvalue weighted by Gasteiger charge is 2.27. The highest BCUT2D eigenvalue weighted by atomic mass is 35.5. The summed E-state index contributed by atoms with van der Waals surface area (Å²) in [5.74, 6) is 0.580. The molecule has 128 valence electrons. The predicted octanol–water partition coefficient (Wildman–Crippen LogP) is 4.77. The number of sulfonamides is 1. The number of hydrogen-bond donors (Lipinski definition) is 0. The lowest BCUT2D eigenvalue weighted by atomic mass is 10.3. The molecule has 0 bridgehead atoms. The zero-order valence-electron chi connectivity index (χ0n) is 13.1. The van der Waals surface area contributed by atoms with Crippen molar-refractivity contribution in [1.82, 2.24) is 0 Å². The first-order valence-electron chi connectivity index (χ1n) is 7.21. The first-order valence-corrected chi connectivity index (χ1v) is 9.41. The van der Waals surface area contributed by atoms with Gasteiger partial charge < -0.3 is 4.74 Å². The fourth-order valence-electron chi connectivity index (χ4n) is 2.15. The van der Waals surface area contributed by atoms with Crippen molar-refractivity contribution < 1.29 is 13.2 Å². The Morgan fingerprint density at radius 2 is 1.96 bits per heavy atom. The Bertz CT molecular complexity index is 837. The van der Waals surface area contributed by atoms with Gasteiger partial charge in [-0.15, -0.1) is 6.58 Å². The van der Waals surface area contributed by atoms with Crippen LogP contribution in [0.1, 0.15) is 6.92 Å². The average Bonchev–Trinajstić information content (AvgIpc) is 2.55. The Labute approximate surface area is 152 Å². The van der Waals surface area contributed by atoms with Crippen LogP contribution in [0.4, 0.5) is 5.69 Å². The predicted molar refractivity (Wildman–Crippen MR) is 98.8 cm³/mol.